The number of carbonyl (C=O) groups is 1. The maximum absolute atomic E-state index is 10.2. The van der Waals surface area contributed by atoms with Gasteiger partial charge in [0.25, 0.3) is 0 Å². The first kappa shape index (κ1) is 8.93. The molecule has 0 atom stereocenters. The molecule has 0 N–H and O–H groups in total. The molecular formula is C8H12N2O2. The Morgan fingerprint density at radius 3 is 3.17 bits per heavy atom. The second-order valence-electron chi connectivity index (χ2n) is 2.50. The van der Waals surface area contributed by atoms with Gasteiger partial charge in [-0.3, -0.25) is 4.79 Å². The van der Waals surface area contributed by atoms with E-state index in [1.54, 1.807) is 19.6 Å². The van der Waals surface area contributed by atoms with Gasteiger partial charge in [0, 0.05) is 26.5 Å². The third-order valence-electron chi connectivity index (χ3n) is 1.54. The van der Waals surface area contributed by atoms with Gasteiger partial charge in [-0.1, -0.05) is 0 Å². The lowest BCUT2D eigenvalue weighted by molar-refractivity contribution is 0.111. The SMILES string of the molecule is COCCCn1cnc(C=O)c1. The predicted molar refractivity (Wildman–Crippen MR) is 44.1 cm³/mol. The van der Waals surface area contributed by atoms with Crippen molar-refractivity contribution in [1.29, 1.82) is 0 Å². The molecule has 1 heterocycles. The van der Waals surface area contributed by atoms with E-state index in [1.807, 2.05) is 4.57 Å². The molecule has 0 radical (unpaired) electrons. The van der Waals surface area contributed by atoms with E-state index in [9.17, 15) is 4.79 Å². The van der Waals surface area contributed by atoms with E-state index in [2.05, 4.69) is 4.98 Å². The molecule has 1 aromatic heterocycles. The van der Waals surface area contributed by atoms with Crippen molar-refractivity contribution in [2.75, 3.05) is 13.7 Å². The Labute approximate surface area is 71.2 Å². The average Bonchev–Trinajstić information content (AvgIpc) is 2.53. The van der Waals surface area contributed by atoms with Gasteiger partial charge in [0.1, 0.15) is 5.69 Å². The van der Waals surface area contributed by atoms with Crippen LogP contribution in [0.15, 0.2) is 12.5 Å². The summed E-state index contributed by atoms with van der Waals surface area (Å²) in [5, 5.41) is 0. The van der Waals surface area contributed by atoms with Crippen molar-refractivity contribution in [2.24, 2.45) is 0 Å². The fourth-order valence-corrected chi connectivity index (χ4v) is 0.952. The second kappa shape index (κ2) is 4.66. The zero-order chi connectivity index (χ0) is 8.81. The normalized spacial score (nSPS) is 10.1. The zero-order valence-corrected chi connectivity index (χ0v) is 7.06. The van der Waals surface area contributed by atoms with Crippen LogP contribution in [0.2, 0.25) is 0 Å². The highest BCUT2D eigenvalue weighted by molar-refractivity contribution is 5.70. The number of hydrogen-bond donors (Lipinski definition) is 0. The van der Waals surface area contributed by atoms with Gasteiger partial charge < -0.3 is 9.30 Å². The smallest absolute Gasteiger partial charge is 0.169 e. The average molecular weight is 168 g/mol. The van der Waals surface area contributed by atoms with Gasteiger partial charge in [-0.05, 0) is 6.42 Å². The Morgan fingerprint density at radius 2 is 2.58 bits per heavy atom. The summed E-state index contributed by atoms with van der Waals surface area (Å²) in [5.74, 6) is 0. The highest BCUT2D eigenvalue weighted by Gasteiger charge is 1.95. The van der Waals surface area contributed by atoms with Crippen LogP contribution in [-0.2, 0) is 11.3 Å². The van der Waals surface area contributed by atoms with Crippen LogP contribution in [0.5, 0.6) is 0 Å². The number of carbonyl (C=O) groups excluding carboxylic acids is 1. The molecule has 0 unspecified atom stereocenters. The number of aryl methyl sites for hydroxylation is 1. The third-order valence-corrected chi connectivity index (χ3v) is 1.54. The van der Waals surface area contributed by atoms with E-state index < -0.39 is 0 Å². The van der Waals surface area contributed by atoms with Crippen molar-refractivity contribution in [3.8, 4) is 0 Å². The lowest BCUT2D eigenvalue weighted by Gasteiger charge is -1.99. The molecule has 66 valence electrons. The number of methoxy groups -OCH3 is 1. The summed E-state index contributed by atoms with van der Waals surface area (Å²) in [6.45, 7) is 1.57. The Hall–Kier alpha value is -1.16. The van der Waals surface area contributed by atoms with Crippen LogP contribution in [0.1, 0.15) is 16.9 Å². The standard InChI is InChI=1S/C8H12N2O2/c1-12-4-2-3-10-5-8(6-11)9-7-10/h5-7H,2-4H2,1H3. The molecule has 0 saturated heterocycles. The molecule has 1 rings (SSSR count). The first-order valence-corrected chi connectivity index (χ1v) is 3.82. The fraction of sp³-hybridized carbons (Fsp3) is 0.500. The summed E-state index contributed by atoms with van der Waals surface area (Å²) in [7, 11) is 1.67. The van der Waals surface area contributed by atoms with E-state index in [1.165, 1.54) is 0 Å². The number of nitrogens with zero attached hydrogens (tertiary/aromatic N) is 2. The van der Waals surface area contributed by atoms with Crippen molar-refractivity contribution >= 4 is 6.29 Å². The first-order valence-electron chi connectivity index (χ1n) is 3.82. The summed E-state index contributed by atoms with van der Waals surface area (Å²) in [6.07, 6.45) is 5.06. The minimum atomic E-state index is 0.479. The lowest BCUT2D eigenvalue weighted by Crippen LogP contribution is -1.98. The molecule has 0 aliphatic carbocycles. The van der Waals surface area contributed by atoms with Crippen molar-refractivity contribution in [3.05, 3.63) is 18.2 Å². The summed E-state index contributed by atoms with van der Waals surface area (Å²) in [5.41, 5.74) is 0.479. The van der Waals surface area contributed by atoms with Gasteiger partial charge in [-0.15, -0.1) is 0 Å². The molecule has 4 nitrogen and oxygen atoms in total. The largest absolute Gasteiger partial charge is 0.385 e. The molecular weight excluding hydrogens is 156 g/mol. The van der Waals surface area contributed by atoms with E-state index in [0.29, 0.717) is 5.69 Å². The Morgan fingerprint density at radius 1 is 1.75 bits per heavy atom. The van der Waals surface area contributed by atoms with Crippen LogP contribution in [-0.4, -0.2) is 29.6 Å². The van der Waals surface area contributed by atoms with Crippen LogP contribution in [0.25, 0.3) is 0 Å². The molecule has 1 aromatic rings. The minimum absolute atomic E-state index is 0.479. The van der Waals surface area contributed by atoms with E-state index in [0.717, 1.165) is 25.9 Å². The summed E-state index contributed by atoms with van der Waals surface area (Å²) < 4.78 is 6.77. The number of aromatic nitrogens is 2. The molecule has 0 amide bonds. The van der Waals surface area contributed by atoms with Crippen molar-refractivity contribution in [3.63, 3.8) is 0 Å². The topological polar surface area (TPSA) is 44.1 Å². The van der Waals surface area contributed by atoms with E-state index in [4.69, 9.17) is 4.74 Å². The predicted octanol–water partition coefficient (Wildman–Crippen LogP) is 0.732. The molecule has 0 aliphatic heterocycles. The van der Waals surface area contributed by atoms with Crippen LogP contribution >= 0.6 is 0 Å². The molecule has 0 fully saturated rings. The molecule has 0 bridgehead atoms. The van der Waals surface area contributed by atoms with Crippen LogP contribution in [0.3, 0.4) is 0 Å². The number of ether oxygens (including phenoxy) is 1. The van der Waals surface area contributed by atoms with Gasteiger partial charge in [-0.25, -0.2) is 4.98 Å². The Balaban J connectivity index is 2.36. The fourth-order valence-electron chi connectivity index (χ4n) is 0.952. The lowest BCUT2D eigenvalue weighted by atomic mass is 10.4. The number of imidazole rings is 1. The molecule has 4 heteroatoms. The van der Waals surface area contributed by atoms with Crippen molar-refractivity contribution in [1.82, 2.24) is 9.55 Å². The van der Waals surface area contributed by atoms with Crippen molar-refractivity contribution in [2.45, 2.75) is 13.0 Å². The van der Waals surface area contributed by atoms with Crippen LogP contribution < -0.4 is 0 Å². The second-order valence-corrected chi connectivity index (χ2v) is 2.50. The van der Waals surface area contributed by atoms with E-state index >= 15 is 0 Å². The first-order chi connectivity index (χ1) is 5.86. The highest BCUT2D eigenvalue weighted by Crippen LogP contribution is 1.94. The number of aldehydes is 1. The summed E-state index contributed by atoms with van der Waals surface area (Å²) in [4.78, 5) is 14.1. The minimum Gasteiger partial charge on any atom is -0.385 e. The third kappa shape index (κ3) is 2.47. The highest BCUT2D eigenvalue weighted by atomic mass is 16.5. The molecule has 0 aliphatic rings. The van der Waals surface area contributed by atoms with Crippen LogP contribution in [0.4, 0.5) is 0 Å². The summed E-state index contributed by atoms with van der Waals surface area (Å²) >= 11 is 0. The number of rotatable bonds is 5. The van der Waals surface area contributed by atoms with Gasteiger partial charge in [0.15, 0.2) is 6.29 Å². The molecule has 12 heavy (non-hydrogen) atoms. The monoisotopic (exact) mass is 168 g/mol. The Kier molecular flexibility index (Phi) is 3.47. The van der Waals surface area contributed by atoms with Gasteiger partial charge >= 0.3 is 0 Å². The van der Waals surface area contributed by atoms with Gasteiger partial charge in [0.05, 0.1) is 6.33 Å². The quantitative estimate of drug-likeness (QED) is 0.481. The molecule has 0 saturated carbocycles. The summed E-state index contributed by atoms with van der Waals surface area (Å²) in [6, 6.07) is 0. The zero-order valence-electron chi connectivity index (χ0n) is 7.06. The maximum Gasteiger partial charge on any atom is 0.169 e. The van der Waals surface area contributed by atoms with Gasteiger partial charge in [-0.2, -0.15) is 0 Å². The maximum atomic E-state index is 10.2. The molecule has 0 spiro atoms. The molecule has 0 aromatic carbocycles. The van der Waals surface area contributed by atoms with E-state index in [-0.39, 0.29) is 0 Å². The number of hydrogen-bond acceptors (Lipinski definition) is 3. The Bertz CT molecular complexity index is 245. The van der Waals surface area contributed by atoms with Crippen molar-refractivity contribution < 1.29 is 9.53 Å². The van der Waals surface area contributed by atoms with Crippen LogP contribution in [0, 0.1) is 0 Å². The van der Waals surface area contributed by atoms with Gasteiger partial charge in [0.2, 0.25) is 0 Å².